The van der Waals surface area contributed by atoms with Crippen molar-refractivity contribution in [3.63, 3.8) is 0 Å². The lowest BCUT2D eigenvalue weighted by atomic mass is 9.97. The average molecular weight is 515 g/mol. The number of pyridine rings is 1. The molecule has 0 fully saturated rings. The first-order valence-corrected chi connectivity index (χ1v) is 11.8. The number of carbonyl (C=O) groups is 3. The van der Waals surface area contributed by atoms with Gasteiger partial charge in [0.15, 0.2) is 11.6 Å². The van der Waals surface area contributed by atoms with Crippen LogP contribution in [0.1, 0.15) is 34.0 Å². The molecule has 4 aromatic rings. The second-order valence-corrected chi connectivity index (χ2v) is 8.75. The summed E-state index contributed by atoms with van der Waals surface area (Å²) >= 11 is 6.15. The minimum atomic E-state index is -0.785. The molecule has 0 unspecified atom stereocenters. The maximum Gasteiger partial charge on any atom is 0.244 e. The quantitative estimate of drug-likeness (QED) is 0.254. The van der Waals surface area contributed by atoms with Gasteiger partial charge in [-0.05, 0) is 58.8 Å². The van der Waals surface area contributed by atoms with Gasteiger partial charge in [0, 0.05) is 47.5 Å². The van der Waals surface area contributed by atoms with E-state index < -0.39 is 11.9 Å². The number of carbonyl (C=O) groups excluding carboxylic acids is 3. The Morgan fingerprint density at radius 3 is 2.57 bits per heavy atom. The van der Waals surface area contributed by atoms with E-state index in [0.717, 1.165) is 11.1 Å². The van der Waals surface area contributed by atoms with Crippen LogP contribution in [0.15, 0.2) is 79.4 Å². The fraction of sp³-hybridized carbons (Fsp3) is 0.148. The van der Waals surface area contributed by atoms with Crippen molar-refractivity contribution in [1.82, 2.24) is 30.5 Å². The number of nitrogens with zero attached hydrogens (tertiary/aromatic N) is 5. The topological polar surface area (TPSA) is 120 Å². The first-order chi connectivity index (χ1) is 17.9. The summed E-state index contributed by atoms with van der Waals surface area (Å²) in [6, 6.07) is 14.8. The Bertz CT molecular complexity index is 1420. The highest BCUT2D eigenvalue weighted by atomic mass is 35.5. The van der Waals surface area contributed by atoms with Crippen molar-refractivity contribution in [1.29, 1.82) is 0 Å². The number of nitrogens with one attached hydrogen (secondary N) is 1. The zero-order chi connectivity index (χ0) is 26.2. The number of tetrazole rings is 1. The first-order valence-electron chi connectivity index (χ1n) is 11.4. The Labute approximate surface area is 218 Å². The Hall–Kier alpha value is -4.50. The van der Waals surface area contributed by atoms with E-state index in [9.17, 15) is 14.4 Å². The highest BCUT2D eigenvalue weighted by molar-refractivity contribution is 6.30. The summed E-state index contributed by atoms with van der Waals surface area (Å²) in [4.78, 5) is 41.8. The van der Waals surface area contributed by atoms with Crippen LogP contribution in [-0.2, 0) is 22.4 Å². The van der Waals surface area contributed by atoms with Crippen molar-refractivity contribution < 1.29 is 14.4 Å². The molecular weight excluding hydrogens is 492 g/mol. The van der Waals surface area contributed by atoms with Crippen molar-refractivity contribution in [3.8, 4) is 5.69 Å². The van der Waals surface area contributed by atoms with Crippen molar-refractivity contribution in [2.45, 2.75) is 25.8 Å². The standard InChI is InChI=1S/C27H23ClN6O3/c1-18(35)21-6-4-19(5-7-21)14-26(36)24(13-20-3-2-12-29-16-20)31-27(37)11-8-22-15-23(28)9-10-25(22)34-17-30-32-33-34/h2-12,15-17,24H,13-14H2,1H3,(H,31,37)/b11-8+/t24-/m0/s1. The van der Waals surface area contributed by atoms with Gasteiger partial charge >= 0.3 is 0 Å². The highest BCUT2D eigenvalue weighted by Gasteiger charge is 2.21. The zero-order valence-electron chi connectivity index (χ0n) is 19.9. The third-order valence-electron chi connectivity index (χ3n) is 5.61. The Morgan fingerprint density at radius 2 is 1.89 bits per heavy atom. The molecule has 2 aromatic heterocycles. The molecule has 10 heteroatoms. The van der Waals surface area contributed by atoms with Crippen LogP contribution in [0.2, 0.25) is 5.02 Å². The molecule has 1 atom stereocenters. The minimum Gasteiger partial charge on any atom is -0.342 e. The van der Waals surface area contributed by atoms with E-state index in [4.69, 9.17) is 11.6 Å². The van der Waals surface area contributed by atoms with Gasteiger partial charge in [0.05, 0.1) is 11.7 Å². The molecule has 9 nitrogen and oxygen atoms in total. The second kappa shape index (κ2) is 12.0. The predicted molar refractivity (Wildman–Crippen MR) is 138 cm³/mol. The smallest absolute Gasteiger partial charge is 0.244 e. The molecular formula is C27H23ClN6O3. The molecule has 186 valence electrons. The van der Waals surface area contributed by atoms with E-state index in [1.54, 1.807) is 67.0 Å². The largest absolute Gasteiger partial charge is 0.342 e. The molecule has 0 spiro atoms. The van der Waals surface area contributed by atoms with Crippen LogP contribution in [0.3, 0.4) is 0 Å². The molecule has 0 saturated heterocycles. The van der Waals surface area contributed by atoms with Crippen LogP contribution in [0.4, 0.5) is 0 Å². The summed E-state index contributed by atoms with van der Waals surface area (Å²) in [7, 11) is 0. The van der Waals surface area contributed by atoms with Crippen LogP contribution in [0, 0.1) is 0 Å². The van der Waals surface area contributed by atoms with E-state index in [0.29, 0.717) is 21.8 Å². The third-order valence-corrected chi connectivity index (χ3v) is 5.84. The molecule has 0 aliphatic carbocycles. The predicted octanol–water partition coefficient (Wildman–Crippen LogP) is 3.47. The van der Waals surface area contributed by atoms with Crippen LogP contribution < -0.4 is 5.32 Å². The number of aromatic nitrogens is 5. The maximum atomic E-state index is 13.2. The van der Waals surface area contributed by atoms with E-state index in [2.05, 4.69) is 25.8 Å². The fourth-order valence-electron chi connectivity index (χ4n) is 3.71. The summed E-state index contributed by atoms with van der Waals surface area (Å²) < 4.78 is 1.46. The van der Waals surface area contributed by atoms with E-state index in [1.165, 1.54) is 24.0 Å². The van der Waals surface area contributed by atoms with Crippen molar-refractivity contribution in [3.05, 3.63) is 107 Å². The number of ketones is 2. The molecule has 2 aromatic carbocycles. The molecule has 0 saturated carbocycles. The maximum absolute atomic E-state index is 13.2. The van der Waals surface area contributed by atoms with Gasteiger partial charge in [0.1, 0.15) is 6.33 Å². The number of hydrogen-bond donors (Lipinski definition) is 1. The SMILES string of the molecule is CC(=O)c1ccc(CC(=O)[C@H](Cc2cccnc2)NC(=O)/C=C/c2cc(Cl)ccc2-n2cnnn2)cc1. The van der Waals surface area contributed by atoms with Crippen LogP contribution >= 0.6 is 11.6 Å². The third kappa shape index (κ3) is 7.02. The van der Waals surface area contributed by atoms with Gasteiger partial charge in [-0.15, -0.1) is 5.10 Å². The molecule has 1 N–H and O–H groups in total. The summed E-state index contributed by atoms with van der Waals surface area (Å²) in [6.07, 6.45) is 8.05. The number of halogens is 1. The normalized spacial score (nSPS) is 11.8. The Morgan fingerprint density at radius 1 is 1.08 bits per heavy atom. The van der Waals surface area contributed by atoms with Gasteiger partial charge < -0.3 is 5.32 Å². The van der Waals surface area contributed by atoms with Gasteiger partial charge in [-0.25, -0.2) is 0 Å². The minimum absolute atomic E-state index is 0.0469. The number of amides is 1. The average Bonchev–Trinajstić information content (AvgIpc) is 3.43. The lowest BCUT2D eigenvalue weighted by molar-refractivity contribution is -0.125. The van der Waals surface area contributed by atoms with Crippen molar-refractivity contribution in [2.75, 3.05) is 0 Å². The lowest BCUT2D eigenvalue weighted by Crippen LogP contribution is -2.42. The van der Waals surface area contributed by atoms with Gasteiger partial charge in [0.2, 0.25) is 5.91 Å². The van der Waals surface area contributed by atoms with Gasteiger partial charge in [-0.2, -0.15) is 4.68 Å². The van der Waals surface area contributed by atoms with Crippen molar-refractivity contribution >= 4 is 35.2 Å². The van der Waals surface area contributed by atoms with E-state index >= 15 is 0 Å². The monoisotopic (exact) mass is 514 g/mol. The molecule has 1 amide bonds. The molecule has 0 radical (unpaired) electrons. The summed E-state index contributed by atoms with van der Waals surface area (Å²) in [5.74, 6) is -0.663. The van der Waals surface area contributed by atoms with Gasteiger partial charge in [0.25, 0.3) is 0 Å². The lowest BCUT2D eigenvalue weighted by Gasteiger charge is -2.17. The summed E-state index contributed by atoms with van der Waals surface area (Å²) in [5.41, 5.74) is 3.39. The number of hydrogen-bond acceptors (Lipinski definition) is 7. The molecule has 2 heterocycles. The zero-order valence-corrected chi connectivity index (χ0v) is 20.7. The van der Waals surface area contributed by atoms with Crippen molar-refractivity contribution in [2.24, 2.45) is 0 Å². The highest BCUT2D eigenvalue weighted by Crippen LogP contribution is 2.20. The van der Waals surface area contributed by atoms with Crippen LogP contribution in [0.25, 0.3) is 11.8 Å². The molecule has 0 aliphatic rings. The number of Topliss-reactive ketones (excluding diaryl/α,β-unsaturated/α-hetero) is 2. The molecule has 0 aliphatic heterocycles. The number of rotatable bonds is 10. The molecule has 37 heavy (non-hydrogen) atoms. The first kappa shape index (κ1) is 25.6. The molecule has 0 bridgehead atoms. The van der Waals surface area contributed by atoms with Gasteiger partial charge in [-0.1, -0.05) is 41.9 Å². The molecule has 4 rings (SSSR count). The second-order valence-electron chi connectivity index (χ2n) is 8.31. The van der Waals surface area contributed by atoms with E-state index in [1.807, 2.05) is 6.07 Å². The Kier molecular flexibility index (Phi) is 8.27. The van der Waals surface area contributed by atoms with E-state index in [-0.39, 0.29) is 24.4 Å². The van der Waals surface area contributed by atoms with Gasteiger partial charge in [-0.3, -0.25) is 19.4 Å². The summed E-state index contributed by atoms with van der Waals surface area (Å²) in [5, 5.41) is 14.5. The fourth-order valence-corrected chi connectivity index (χ4v) is 3.89. The van der Waals surface area contributed by atoms with Crippen LogP contribution in [0.5, 0.6) is 0 Å². The van der Waals surface area contributed by atoms with Crippen LogP contribution in [-0.4, -0.2) is 48.7 Å². The number of benzene rings is 2. The Balaban J connectivity index is 1.51. The summed E-state index contributed by atoms with van der Waals surface area (Å²) in [6.45, 7) is 1.49.